The molecule has 7 heteroatoms. The average Bonchev–Trinajstić information content (AvgIpc) is 3.06. The van der Waals surface area contributed by atoms with Crippen LogP contribution in [0.5, 0.6) is 5.75 Å². The predicted molar refractivity (Wildman–Crippen MR) is 98.0 cm³/mol. The fourth-order valence-corrected chi connectivity index (χ4v) is 4.21. The van der Waals surface area contributed by atoms with E-state index in [0.29, 0.717) is 12.2 Å². The van der Waals surface area contributed by atoms with Crippen LogP contribution in [-0.4, -0.2) is 30.3 Å². The Morgan fingerprint density at radius 1 is 1.33 bits per heavy atom. The second kappa shape index (κ2) is 7.44. The number of nitrogens with zero attached hydrogens (tertiary/aromatic N) is 1. The van der Waals surface area contributed by atoms with Crippen LogP contribution in [0, 0.1) is 5.82 Å². The largest absolute Gasteiger partial charge is 0.496 e. The maximum absolute atomic E-state index is 13.0. The first-order chi connectivity index (χ1) is 11.6. The van der Waals surface area contributed by atoms with Gasteiger partial charge in [-0.05, 0) is 42.5 Å². The average molecular weight is 411 g/mol. The minimum absolute atomic E-state index is 0.127. The molecule has 1 aliphatic heterocycles. The molecule has 126 valence electrons. The number of benzene rings is 2. The topological polar surface area (TPSA) is 41.6 Å². The van der Waals surface area contributed by atoms with Gasteiger partial charge in [0.15, 0.2) is 0 Å². The number of hydrogen-bond acceptors (Lipinski definition) is 3. The monoisotopic (exact) mass is 410 g/mol. The Morgan fingerprint density at radius 2 is 2.08 bits per heavy atom. The highest BCUT2D eigenvalue weighted by molar-refractivity contribution is 9.10. The summed E-state index contributed by atoms with van der Waals surface area (Å²) in [5.74, 6) is 1.26. The van der Waals surface area contributed by atoms with Crippen LogP contribution >= 0.6 is 27.7 Å². The molecule has 0 unspecified atom stereocenters. The molecule has 1 aliphatic rings. The number of anilines is 1. The molecule has 0 radical (unpaired) electrons. The van der Waals surface area contributed by atoms with Crippen molar-refractivity contribution in [2.75, 3.05) is 24.7 Å². The lowest BCUT2D eigenvalue weighted by molar-refractivity contribution is 0.213. The summed E-state index contributed by atoms with van der Waals surface area (Å²) < 4.78 is 19.4. The van der Waals surface area contributed by atoms with Crippen molar-refractivity contribution in [2.24, 2.45) is 0 Å². The van der Waals surface area contributed by atoms with Gasteiger partial charge in [0.25, 0.3) is 0 Å². The number of urea groups is 1. The van der Waals surface area contributed by atoms with E-state index in [1.54, 1.807) is 35.9 Å². The second-order valence-electron chi connectivity index (χ2n) is 5.24. The van der Waals surface area contributed by atoms with E-state index in [-0.39, 0.29) is 17.2 Å². The maximum Gasteiger partial charge on any atom is 0.323 e. The number of nitrogens with one attached hydrogen (secondary N) is 1. The number of thioether (sulfide) groups is 1. The summed E-state index contributed by atoms with van der Waals surface area (Å²) in [6, 6.07) is 11.3. The van der Waals surface area contributed by atoms with Crippen molar-refractivity contribution in [2.45, 2.75) is 5.37 Å². The van der Waals surface area contributed by atoms with Gasteiger partial charge in [-0.25, -0.2) is 9.18 Å². The molecule has 0 aromatic heterocycles. The Bertz CT molecular complexity index is 742. The first-order valence-electron chi connectivity index (χ1n) is 7.36. The number of carbonyl (C=O) groups is 1. The molecule has 2 aromatic carbocycles. The minimum atomic E-state index is -0.332. The Kier molecular flexibility index (Phi) is 5.30. The van der Waals surface area contributed by atoms with Gasteiger partial charge in [0.1, 0.15) is 16.9 Å². The van der Waals surface area contributed by atoms with Gasteiger partial charge in [0, 0.05) is 28.0 Å². The first kappa shape index (κ1) is 17.1. The summed E-state index contributed by atoms with van der Waals surface area (Å²) in [6.07, 6.45) is 0. The lowest BCUT2D eigenvalue weighted by atomic mass is 10.2. The Balaban J connectivity index is 1.81. The number of methoxy groups -OCH3 is 1. The summed E-state index contributed by atoms with van der Waals surface area (Å²) in [5, 5.41) is 2.69. The summed E-state index contributed by atoms with van der Waals surface area (Å²) in [5.41, 5.74) is 1.52. The van der Waals surface area contributed by atoms with E-state index in [0.717, 1.165) is 21.5 Å². The Labute approximate surface area is 152 Å². The Hall–Kier alpha value is -1.73. The van der Waals surface area contributed by atoms with Crippen LogP contribution in [0.1, 0.15) is 10.9 Å². The summed E-state index contributed by atoms with van der Waals surface area (Å²) >= 11 is 5.16. The highest BCUT2D eigenvalue weighted by Crippen LogP contribution is 2.43. The molecule has 2 aromatic rings. The van der Waals surface area contributed by atoms with Gasteiger partial charge >= 0.3 is 6.03 Å². The molecule has 1 atom stereocenters. The number of amides is 2. The van der Waals surface area contributed by atoms with Gasteiger partial charge in [-0.1, -0.05) is 15.9 Å². The van der Waals surface area contributed by atoms with Crippen LogP contribution in [-0.2, 0) is 0 Å². The van der Waals surface area contributed by atoms with E-state index in [2.05, 4.69) is 21.2 Å². The van der Waals surface area contributed by atoms with Gasteiger partial charge < -0.3 is 15.0 Å². The van der Waals surface area contributed by atoms with E-state index in [4.69, 9.17) is 4.74 Å². The molecular weight excluding hydrogens is 395 g/mol. The van der Waals surface area contributed by atoms with Crippen LogP contribution in [0.25, 0.3) is 0 Å². The van der Waals surface area contributed by atoms with Gasteiger partial charge in [-0.2, -0.15) is 0 Å². The van der Waals surface area contributed by atoms with Crippen LogP contribution in [0.3, 0.4) is 0 Å². The summed E-state index contributed by atoms with van der Waals surface area (Å²) in [4.78, 5) is 14.4. The molecule has 1 heterocycles. The number of hydrogen-bond donors (Lipinski definition) is 1. The maximum atomic E-state index is 13.0. The fourth-order valence-electron chi connectivity index (χ4n) is 2.56. The molecule has 1 N–H and O–H groups in total. The first-order valence-corrected chi connectivity index (χ1v) is 9.21. The third-order valence-corrected chi connectivity index (χ3v) is 5.44. The van der Waals surface area contributed by atoms with E-state index in [1.807, 2.05) is 18.2 Å². The molecule has 2 amide bonds. The molecule has 0 aliphatic carbocycles. The number of halogens is 2. The quantitative estimate of drug-likeness (QED) is 0.783. The van der Waals surface area contributed by atoms with E-state index in [9.17, 15) is 9.18 Å². The van der Waals surface area contributed by atoms with Crippen molar-refractivity contribution < 1.29 is 13.9 Å². The zero-order chi connectivity index (χ0) is 17.1. The van der Waals surface area contributed by atoms with E-state index < -0.39 is 0 Å². The number of rotatable bonds is 3. The molecule has 4 nitrogen and oxygen atoms in total. The molecule has 0 saturated carbocycles. The zero-order valence-corrected chi connectivity index (χ0v) is 15.4. The lowest BCUT2D eigenvalue weighted by Crippen LogP contribution is -2.34. The highest BCUT2D eigenvalue weighted by Gasteiger charge is 2.32. The molecule has 0 bridgehead atoms. The number of ether oxygens (including phenoxy) is 1. The number of carbonyl (C=O) groups excluding carboxylic acids is 1. The van der Waals surface area contributed by atoms with E-state index >= 15 is 0 Å². The van der Waals surface area contributed by atoms with Crippen molar-refractivity contribution in [3.63, 3.8) is 0 Å². The zero-order valence-electron chi connectivity index (χ0n) is 13.0. The summed E-state index contributed by atoms with van der Waals surface area (Å²) in [7, 11) is 1.62. The summed E-state index contributed by atoms with van der Waals surface area (Å²) in [6.45, 7) is 0.637. The lowest BCUT2D eigenvalue weighted by Gasteiger charge is -2.25. The van der Waals surface area contributed by atoms with Crippen molar-refractivity contribution in [1.82, 2.24) is 4.90 Å². The minimum Gasteiger partial charge on any atom is -0.496 e. The van der Waals surface area contributed by atoms with Crippen molar-refractivity contribution in [3.8, 4) is 5.75 Å². The van der Waals surface area contributed by atoms with Crippen molar-refractivity contribution in [3.05, 3.63) is 58.3 Å². The van der Waals surface area contributed by atoms with Crippen LogP contribution < -0.4 is 10.1 Å². The molecular formula is C17H16BrFN2O2S. The van der Waals surface area contributed by atoms with Crippen molar-refractivity contribution >= 4 is 39.4 Å². The third-order valence-electron chi connectivity index (χ3n) is 3.71. The standard InChI is InChI=1S/C17H16BrFN2O2S/c1-23-15-7-2-11(18)10-14(15)16-21(8-9-24-16)17(22)20-13-5-3-12(19)4-6-13/h2-7,10,16H,8-9H2,1H3,(H,20,22)/t16-/m1/s1. The SMILES string of the molecule is COc1ccc(Br)cc1[C@H]1SCCN1C(=O)Nc1ccc(F)cc1. The van der Waals surface area contributed by atoms with Crippen molar-refractivity contribution in [1.29, 1.82) is 0 Å². The van der Waals surface area contributed by atoms with Gasteiger partial charge in [-0.3, -0.25) is 0 Å². The molecule has 24 heavy (non-hydrogen) atoms. The molecule has 0 spiro atoms. The second-order valence-corrected chi connectivity index (χ2v) is 7.34. The third kappa shape index (κ3) is 3.67. The van der Waals surface area contributed by atoms with Gasteiger partial charge in [0.2, 0.25) is 0 Å². The normalized spacial score (nSPS) is 17.0. The Morgan fingerprint density at radius 3 is 2.79 bits per heavy atom. The fraction of sp³-hybridized carbons (Fsp3) is 0.235. The molecule has 1 fully saturated rings. The highest BCUT2D eigenvalue weighted by atomic mass is 79.9. The molecule has 3 rings (SSSR count). The molecule has 1 saturated heterocycles. The van der Waals surface area contributed by atoms with Gasteiger partial charge in [0.05, 0.1) is 7.11 Å². The van der Waals surface area contributed by atoms with Crippen LogP contribution in [0.2, 0.25) is 0 Å². The van der Waals surface area contributed by atoms with Gasteiger partial charge in [-0.15, -0.1) is 11.8 Å². The van der Waals surface area contributed by atoms with Crippen LogP contribution in [0.15, 0.2) is 46.9 Å². The van der Waals surface area contributed by atoms with Crippen LogP contribution in [0.4, 0.5) is 14.9 Å². The predicted octanol–water partition coefficient (Wildman–Crippen LogP) is 4.88. The smallest absolute Gasteiger partial charge is 0.323 e. The van der Waals surface area contributed by atoms with E-state index in [1.165, 1.54) is 12.1 Å².